The second-order valence-corrected chi connectivity index (χ2v) is 5.53. The molecule has 2 heterocycles. The molecule has 114 valence electrons. The molecule has 0 spiro atoms. The Bertz CT molecular complexity index is 629. The molecule has 6 heteroatoms. The van der Waals surface area contributed by atoms with Gasteiger partial charge in [0.15, 0.2) is 0 Å². The second-order valence-electron chi connectivity index (χ2n) is 5.53. The van der Waals surface area contributed by atoms with E-state index in [-0.39, 0.29) is 24.7 Å². The van der Waals surface area contributed by atoms with Gasteiger partial charge in [-0.05, 0) is 18.6 Å². The predicted octanol–water partition coefficient (Wildman–Crippen LogP) is 1.21. The van der Waals surface area contributed by atoms with E-state index in [1.165, 1.54) is 4.90 Å². The van der Waals surface area contributed by atoms with Crippen molar-refractivity contribution in [3.63, 3.8) is 0 Å². The molecule has 1 fully saturated rings. The fraction of sp³-hybridized carbons (Fsp3) is 0.375. The van der Waals surface area contributed by atoms with Gasteiger partial charge in [0.25, 0.3) is 11.8 Å². The summed E-state index contributed by atoms with van der Waals surface area (Å²) in [6.07, 6.45) is 0.712. The quantitative estimate of drug-likeness (QED) is 0.786. The fourth-order valence-corrected chi connectivity index (χ4v) is 3.03. The maximum Gasteiger partial charge on any atom is 0.261 e. The van der Waals surface area contributed by atoms with Crippen molar-refractivity contribution in [2.45, 2.75) is 32.2 Å². The number of hydrogen-bond donors (Lipinski definition) is 0. The van der Waals surface area contributed by atoms with Crippen LogP contribution in [0.3, 0.4) is 0 Å². The summed E-state index contributed by atoms with van der Waals surface area (Å²) in [6, 6.07) is 5.87. The van der Waals surface area contributed by atoms with Gasteiger partial charge in [0.1, 0.15) is 0 Å². The van der Waals surface area contributed by atoms with E-state index in [1.54, 1.807) is 24.3 Å². The van der Waals surface area contributed by atoms with Crippen LogP contribution in [0.15, 0.2) is 24.3 Å². The average Bonchev–Trinajstić information content (AvgIpc) is 2.75. The number of carbonyl (C=O) groups excluding carboxylic acids is 4. The third kappa shape index (κ3) is 2.11. The molecule has 0 unspecified atom stereocenters. The Morgan fingerprint density at radius 1 is 0.955 bits per heavy atom. The first-order valence-corrected chi connectivity index (χ1v) is 7.34. The van der Waals surface area contributed by atoms with Crippen molar-refractivity contribution in [3.05, 3.63) is 35.4 Å². The third-order valence-electron chi connectivity index (χ3n) is 4.06. The predicted molar refractivity (Wildman–Crippen MR) is 77.0 cm³/mol. The van der Waals surface area contributed by atoms with Crippen LogP contribution >= 0.6 is 0 Å². The lowest BCUT2D eigenvalue weighted by molar-refractivity contribution is -0.149. The van der Waals surface area contributed by atoms with Gasteiger partial charge in [-0.1, -0.05) is 19.1 Å². The average molecular weight is 300 g/mol. The van der Waals surface area contributed by atoms with Gasteiger partial charge >= 0.3 is 0 Å². The number of hydrogen-bond acceptors (Lipinski definition) is 4. The zero-order chi connectivity index (χ0) is 15.9. The van der Waals surface area contributed by atoms with E-state index < -0.39 is 17.9 Å². The number of carbonyl (C=O) groups is 4. The number of piperidine rings is 1. The first-order valence-electron chi connectivity index (χ1n) is 7.34. The van der Waals surface area contributed by atoms with Crippen molar-refractivity contribution < 1.29 is 19.2 Å². The topological polar surface area (TPSA) is 74.8 Å². The highest BCUT2D eigenvalue weighted by Gasteiger charge is 2.44. The van der Waals surface area contributed by atoms with Crippen LogP contribution < -0.4 is 0 Å². The summed E-state index contributed by atoms with van der Waals surface area (Å²) in [5, 5.41) is 0. The molecule has 0 N–H and O–H groups in total. The summed E-state index contributed by atoms with van der Waals surface area (Å²) in [7, 11) is 0. The first kappa shape index (κ1) is 14.4. The van der Waals surface area contributed by atoms with Crippen molar-refractivity contribution in [2.24, 2.45) is 0 Å². The molecule has 0 bridgehead atoms. The summed E-state index contributed by atoms with van der Waals surface area (Å²) >= 11 is 0. The zero-order valence-corrected chi connectivity index (χ0v) is 12.2. The van der Waals surface area contributed by atoms with E-state index in [1.807, 2.05) is 6.92 Å². The molecular formula is C16H16N2O4. The molecule has 6 nitrogen and oxygen atoms in total. The van der Waals surface area contributed by atoms with E-state index in [4.69, 9.17) is 0 Å². The molecule has 0 aromatic heterocycles. The van der Waals surface area contributed by atoms with Crippen LogP contribution in [-0.4, -0.2) is 46.0 Å². The molecule has 2 aliphatic rings. The van der Waals surface area contributed by atoms with Gasteiger partial charge in [0, 0.05) is 19.4 Å². The largest absolute Gasteiger partial charge is 0.283 e. The van der Waals surface area contributed by atoms with Crippen molar-refractivity contribution >= 4 is 23.6 Å². The summed E-state index contributed by atoms with van der Waals surface area (Å²) in [6.45, 7) is 2.27. The van der Waals surface area contributed by atoms with Crippen LogP contribution in [-0.2, 0) is 9.59 Å². The van der Waals surface area contributed by atoms with Crippen LogP contribution in [0.1, 0.15) is 46.9 Å². The number of benzene rings is 1. The Kier molecular flexibility index (Phi) is 3.52. The number of imide groups is 2. The SMILES string of the molecule is CCCN1C(=O)CC(N2C(=O)c3ccccc3C2=O)CC1=O. The third-order valence-corrected chi connectivity index (χ3v) is 4.06. The first-order chi connectivity index (χ1) is 10.5. The van der Waals surface area contributed by atoms with E-state index in [0.29, 0.717) is 24.1 Å². The lowest BCUT2D eigenvalue weighted by atomic mass is 10.0. The second kappa shape index (κ2) is 5.36. The maximum absolute atomic E-state index is 12.4. The van der Waals surface area contributed by atoms with Crippen molar-refractivity contribution in [1.82, 2.24) is 9.80 Å². The van der Waals surface area contributed by atoms with Crippen LogP contribution in [0, 0.1) is 0 Å². The van der Waals surface area contributed by atoms with Gasteiger partial charge < -0.3 is 0 Å². The van der Waals surface area contributed by atoms with E-state index in [2.05, 4.69) is 0 Å². The molecule has 4 amide bonds. The Hall–Kier alpha value is -2.50. The normalized spacial score (nSPS) is 19.1. The van der Waals surface area contributed by atoms with E-state index in [0.717, 1.165) is 4.90 Å². The number of nitrogens with zero attached hydrogens (tertiary/aromatic N) is 2. The highest BCUT2D eigenvalue weighted by molar-refractivity contribution is 6.22. The van der Waals surface area contributed by atoms with Crippen LogP contribution in [0.25, 0.3) is 0 Å². The monoisotopic (exact) mass is 300 g/mol. The van der Waals surface area contributed by atoms with Crippen molar-refractivity contribution in [3.8, 4) is 0 Å². The molecule has 0 saturated carbocycles. The van der Waals surface area contributed by atoms with Crippen LogP contribution in [0.2, 0.25) is 0 Å². The molecule has 0 radical (unpaired) electrons. The molecule has 1 aromatic rings. The van der Waals surface area contributed by atoms with Gasteiger partial charge in [-0.15, -0.1) is 0 Å². The fourth-order valence-electron chi connectivity index (χ4n) is 3.03. The van der Waals surface area contributed by atoms with E-state index in [9.17, 15) is 19.2 Å². The number of likely N-dealkylation sites (tertiary alicyclic amines) is 1. The molecule has 2 aliphatic heterocycles. The summed E-state index contributed by atoms with van der Waals surface area (Å²) in [5.41, 5.74) is 0.673. The Morgan fingerprint density at radius 2 is 1.45 bits per heavy atom. The minimum atomic E-state index is -0.680. The molecule has 22 heavy (non-hydrogen) atoms. The van der Waals surface area contributed by atoms with Crippen LogP contribution in [0.5, 0.6) is 0 Å². The van der Waals surface area contributed by atoms with Gasteiger partial charge in [0.2, 0.25) is 11.8 Å². The Morgan fingerprint density at radius 3 is 1.91 bits per heavy atom. The Balaban J connectivity index is 1.85. The summed E-state index contributed by atoms with van der Waals surface area (Å²) < 4.78 is 0. The van der Waals surface area contributed by atoms with Crippen LogP contribution in [0.4, 0.5) is 0 Å². The number of fused-ring (bicyclic) bond motifs is 1. The minimum absolute atomic E-state index is 0.0111. The van der Waals surface area contributed by atoms with Gasteiger partial charge in [0.05, 0.1) is 17.2 Å². The zero-order valence-electron chi connectivity index (χ0n) is 12.2. The smallest absolute Gasteiger partial charge is 0.261 e. The standard InChI is InChI=1S/C16H16N2O4/c1-2-7-17-13(19)8-10(9-14(17)20)18-15(21)11-5-3-4-6-12(11)16(18)22/h3-6,10H,2,7-9H2,1H3. The van der Waals surface area contributed by atoms with Gasteiger partial charge in [-0.3, -0.25) is 29.0 Å². The Labute approximate surface area is 127 Å². The molecule has 0 atom stereocenters. The minimum Gasteiger partial charge on any atom is -0.283 e. The van der Waals surface area contributed by atoms with E-state index >= 15 is 0 Å². The highest BCUT2D eigenvalue weighted by atomic mass is 16.2. The molecule has 1 aromatic carbocycles. The summed E-state index contributed by atoms with van der Waals surface area (Å²) in [4.78, 5) is 51.3. The molecule has 1 saturated heterocycles. The van der Waals surface area contributed by atoms with Gasteiger partial charge in [-0.2, -0.15) is 0 Å². The lowest BCUT2D eigenvalue weighted by Crippen LogP contribution is -2.52. The van der Waals surface area contributed by atoms with Crippen molar-refractivity contribution in [1.29, 1.82) is 0 Å². The summed E-state index contributed by atoms with van der Waals surface area (Å²) in [5.74, 6) is -1.48. The van der Waals surface area contributed by atoms with Gasteiger partial charge in [-0.25, -0.2) is 0 Å². The molecular weight excluding hydrogens is 284 g/mol. The van der Waals surface area contributed by atoms with Crippen molar-refractivity contribution in [2.75, 3.05) is 6.54 Å². The number of rotatable bonds is 3. The lowest BCUT2D eigenvalue weighted by Gasteiger charge is -2.33. The molecule has 3 rings (SSSR count). The number of amides is 4. The molecule has 0 aliphatic carbocycles. The maximum atomic E-state index is 12.4. The highest BCUT2D eigenvalue weighted by Crippen LogP contribution is 2.29.